The van der Waals surface area contributed by atoms with Gasteiger partial charge in [-0.05, 0) is 30.4 Å². The first-order valence-corrected chi connectivity index (χ1v) is 6.07. The van der Waals surface area contributed by atoms with Crippen LogP contribution >= 0.6 is 0 Å². The van der Waals surface area contributed by atoms with Crippen LogP contribution in [0.25, 0.3) is 6.08 Å². The maximum atomic E-state index is 12.2. The van der Waals surface area contributed by atoms with Crippen LogP contribution in [0, 0.1) is 0 Å². The van der Waals surface area contributed by atoms with Gasteiger partial charge in [0.25, 0.3) is 0 Å². The number of aromatic nitrogens is 2. The van der Waals surface area contributed by atoms with Crippen LogP contribution in [0.2, 0.25) is 0 Å². The highest BCUT2D eigenvalue weighted by atomic mass is 16.5. The van der Waals surface area contributed by atoms with E-state index in [1.807, 2.05) is 13.2 Å². The highest BCUT2D eigenvalue weighted by Gasteiger charge is 2.11. The van der Waals surface area contributed by atoms with Crippen LogP contribution in [0.1, 0.15) is 15.9 Å². The molecular weight excluding hydrogens is 256 g/mol. The number of carbonyl (C=O) groups is 1. The summed E-state index contributed by atoms with van der Waals surface area (Å²) in [5.74, 6) is 0.986. The Morgan fingerprint density at radius 2 is 2.10 bits per heavy atom. The zero-order valence-corrected chi connectivity index (χ0v) is 11.7. The summed E-state index contributed by atoms with van der Waals surface area (Å²) in [6.45, 7) is 0. The number of benzene rings is 1. The average Bonchev–Trinajstić information content (AvgIpc) is 2.89. The van der Waals surface area contributed by atoms with Crippen LogP contribution in [0.3, 0.4) is 0 Å². The van der Waals surface area contributed by atoms with Gasteiger partial charge >= 0.3 is 0 Å². The Hall–Kier alpha value is -2.56. The van der Waals surface area contributed by atoms with Crippen LogP contribution in [-0.2, 0) is 7.05 Å². The van der Waals surface area contributed by atoms with E-state index in [0.29, 0.717) is 17.1 Å². The molecule has 0 N–H and O–H groups in total. The van der Waals surface area contributed by atoms with Gasteiger partial charge in [-0.25, -0.2) is 0 Å². The smallest absolute Gasteiger partial charge is 0.189 e. The molecule has 0 spiro atoms. The number of aryl methyl sites for hydroxylation is 1. The molecule has 104 valence electrons. The second kappa shape index (κ2) is 6.06. The Morgan fingerprint density at radius 3 is 2.70 bits per heavy atom. The number of ether oxygens (including phenoxy) is 2. The van der Waals surface area contributed by atoms with Crippen molar-refractivity contribution < 1.29 is 14.3 Å². The SMILES string of the molecule is COc1ccc(OC)c(C(=O)/C=C/c2cnn(C)c2)c1. The number of allylic oxidation sites excluding steroid dienone is 1. The van der Waals surface area contributed by atoms with E-state index >= 15 is 0 Å². The summed E-state index contributed by atoms with van der Waals surface area (Å²) in [6, 6.07) is 5.12. The molecule has 2 rings (SSSR count). The first kappa shape index (κ1) is 13.9. The second-order valence-electron chi connectivity index (χ2n) is 4.21. The summed E-state index contributed by atoms with van der Waals surface area (Å²) < 4.78 is 12.0. The number of methoxy groups -OCH3 is 2. The predicted molar refractivity (Wildman–Crippen MR) is 76.1 cm³/mol. The van der Waals surface area contributed by atoms with E-state index < -0.39 is 0 Å². The quantitative estimate of drug-likeness (QED) is 0.619. The molecule has 0 unspecified atom stereocenters. The maximum Gasteiger partial charge on any atom is 0.189 e. The normalized spacial score (nSPS) is 10.8. The van der Waals surface area contributed by atoms with Crippen molar-refractivity contribution in [1.29, 1.82) is 0 Å². The molecule has 1 aromatic heterocycles. The third-order valence-electron chi connectivity index (χ3n) is 2.82. The Labute approximate surface area is 117 Å². The van der Waals surface area contributed by atoms with Gasteiger partial charge in [0.1, 0.15) is 11.5 Å². The van der Waals surface area contributed by atoms with E-state index in [0.717, 1.165) is 5.56 Å². The largest absolute Gasteiger partial charge is 0.497 e. The lowest BCUT2D eigenvalue weighted by Crippen LogP contribution is -1.99. The molecule has 0 amide bonds. The van der Waals surface area contributed by atoms with Gasteiger partial charge < -0.3 is 9.47 Å². The summed E-state index contributed by atoms with van der Waals surface area (Å²) in [5.41, 5.74) is 1.33. The lowest BCUT2D eigenvalue weighted by atomic mass is 10.1. The molecule has 0 radical (unpaired) electrons. The van der Waals surface area contributed by atoms with E-state index in [1.165, 1.54) is 13.2 Å². The molecule has 1 aromatic carbocycles. The van der Waals surface area contributed by atoms with E-state index in [2.05, 4.69) is 5.10 Å². The van der Waals surface area contributed by atoms with Gasteiger partial charge in [-0.3, -0.25) is 9.48 Å². The minimum atomic E-state index is -0.149. The highest BCUT2D eigenvalue weighted by molar-refractivity contribution is 6.08. The fourth-order valence-corrected chi connectivity index (χ4v) is 1.79. The lowest BCUT2D eigenvalue weighted by molar-refractivity contribution is 0.104. The number of nitrogens with zero attached hydrogens (tertiary/aromatic N) is 2. The Bertz CT molecular complexity index is 644. The monoisotopic (exact) mass is 272 g/mol. The van der Waals surface area contributed by atoms with Gasteiger partial charge in [-0.2, -0.15) is 5.10 Å². The maximum absolute atomic E-state index is 12.2. The first-order valence-electron chi connectivity index (χ1n) is 6.07. The standard InChI is InChI=1S/C15H16N2O3/c1-17-10-11(9-16-17)4-6-14(18)13-8-12(19-2)5-7-15(13)20-3/h4-10H,1-3H3/b6-4+. The van der Waals surface area contributed by atoms with Crippen molar-refractivity contribution in [1.82, 2.24) is 9.78 Å². The van der Waals surface area contributed by atoms with Crippen LogP contribution in [0.4, 0.5) is 0 Å². The summed E-state index contributed by atoms with van der Waals surface area (Å²) >= 11 is 0. The van der Waals surface area contributed by atoms with Gasteiger partial charge in [-0.1, -0.05) is 0 Å². The van der Waals surface area contributed by atoms with Crippen molar-refractivity contribution >= 4 is 11.9 Å². The van der Waals surface area contributed by atoms with Gasteiger partial charge in [0.15, 0.2) is 5.78 Å². The van der Waals surface area contributed by atoms with Crippen molar-refractivity contribution in [3.63, 3.8) is 0 Å². The fourth-order valence-electron chi connectivity index (χ4n) is 1.79. The summed E-state index contributed by atoms with van der Waals surface area (Å²) in [5, 5.41) is 4.04. The van der Waals surface area contributed by atoms with E-state index in [1.54, 1.807) is 42.3 Å². The third kappa shape index (κ3) is 3.06. The van der Waals surface area contributed by atoms with E-state index in [9.17, 15) is 4.79 Å². The summed E-state index contributed by atoms with van der Waals surface area (Å²) in [6.07, 6.45) is 6.72. The molecule has 0 aliphatic carbocycles. The second-order valence-corrected chi connectivity index (χ2v) is 4.21. The average molecular weight is 272 g/mol. The summed E-state index contributed by atoms with van der Waals surface area (Å²) in [7, 11) is 4.91. The predicted octanol–water partition coefficient (Wildman–Crippen LogP) is 2.33. The Balaban J connectivity index is 2.26. The van der Waals surface area contributed by atoms with Crippen LogP contribution < -0.4 is 9.47 Å². The number of carbonyl (C=O) groups excluding carboxylic acids is 1. The molecule has 0 fully saturated rings. The Kier molecular flexibility index (Phi) is 4.20. The Morgan fingerprint density at radius 1 is 1.30 bits per heavy atom. The van der Waals surface area contributed by atoms with Gasteiger partial charge in [0.05, 0.1) is 26.0 Å². The number of hydrogen-bond donors (Lipinski definition) is 0. The molecule has 2 aromatic rings. The van der Waals surface area contributed by atoms with Crippen molar-refractivity contribution in [2.24, 2.45) is 7.05 Å². The van der Waals surface area contributed by atoms with Crippen LogP contribution in [0.15, 0.2) is 36.7 Å². The van der Waals surface area contributed by atoms with Crippen molar-refractivity contribution in [2.75, 3.05) is 14.2 Å². The first-order chi connectivity index (χ1) is 9.63. The minimum absolute atomic E-state index is 0.149. The molecule has 0 bridgehead atoms. The van der Waals surface area contributed by atoms with E-state index in [4.69, 9.17) is 9.47 Å². The summed E-state index contributed by atoms with van der Waals surface area (Å²) in [4.78, 5) is 12.2. The molecule has 5 heteroatoms. The zero-order valence-electron chi connectivity index (χ0n) is 11.7. The number of rotatable bonds is 5. The minimum Gasteiger partial charge on any atom is -0.497 e. The highest BCUT2D eigenvalue weighted by Crippen LogP contribution is 2.24. The van der Waals surface area contributed by atoms with Crippen LogP contribution in [-0.4, -0.2) is 29.8 Å². The van der Waals surface area contributed by atoms with Crippen LogP contribution in [0.5, 0.6) is 11.5 Å². The molecule has 0 atom stereocenters. The number of ketones is 1. The topological polar surface area (TPSA) is 53.4 Å². The van der Waals surface area contributed by atoms with E-state index in [-0.39, 0.29) is 5.78 Å². The van der Waals surface area contributed by atoms with Gasteiger partial charge in [0.2, 0.25) is 0 Å². The van der Waals surface area contributed by atoms with Crippen molar-refractivity contribution in [3.05, 3.63) is 47.8 Å². The number of hydrogen-bond acceptors (Lipinski definition) is 4. The molecule has 20 heavy (non-hydrogen) atoms. The third-order valence-corrected chi connectivity index (χ3v) is 2.82. The molecular formula is C15H16N2O3. The molecule has 0 aliphatic heterocycles. The van der Waals surface area contributed by atoms with Crippen molar-refractivity contribution in [3.8, 4) is 11.5 Å². The molecule has 0 saturated carbocycles. The lowest BCUT2D eigenvalue weighted by Gasteiger charge is -2.07. The van der Waals surface area contributed by atoms with Crippen molar-refractivity contribution in [2.45, 2.75) is 0 Å². The zero-order chi connectivity index (χ0) is 14.5. The molecule has 1 heterocycles. The molecule has 0 aliphatic rings. The molecule has 5 nitrogen and oxygen atoms in total. The fraction of sp³-hybridized carbons (Fsp3) is 0.200. The van der Waals surface area contributed by atoms with Gasteiger partial charge in [-0.15, -0.1) is 0 Å². The molecule has 0 saturated heterocycles. The van der Waals surface area contributed by atoms with Gasteiger partial charge in [0, 0.05) is 18.8 Å².